The summed E-state index contributed by atoms with van der Waals surface area (Å²) in [7, 11) is 0. The number of nitrogens with zero attached hydrogens (tertiary/aromatic N) is 4. The molecule has 1 saturated carbocycles. The Balaban J connectivity index is 1.43. The molecule has 25 heavy (non-hydrogen) atoms. The Morgan fingerprint density at radius 3 is 2.72 bits per heavy atom. The lowest BCUT2D eigenvalue weighted by Crippen LogP contribution is -2.34. The van der Waals surface area contributed by atoms with Gasteiger partial charge >= 0.3 is 5.69 Å². The minimum atomic E-state index is -0.424. The monoisotopic (exact) mass is 337 g/mol. The second-order valence-corrected chi connectivity index (χ2v) is 6.46. The van der Waals surface area contributed by atoms with E-state index in [1.807, 2.05) is 6.92 Å². The Bertz CT molecular complexity index is 969. The number of hydrogen-bond donors (Lipinski definition) is 1. The Kier molecular flexibility index (Phi) is 3.83. The number of rotatable bonds is 5. The molecule has 4 rings (SSSR count). The third-order valence-corrected chi connectivity index (χ3v) is 4.51. The zero-order chi connectivity index (χ0) is 17.4. The van der Waals surface area contributed by atoms with Crippen LogP contribution in [0.25, 0.3) is 5.65 Å². The van der Waals surface area contributed by atoms with Gasteiger partial charge in [0.1, 0.15) is 6.54 Å². The van der Waals surface area contributed by atoms with E-state index in [1.54, 1.807) is 12.1 Å². The molecular formula is C18H19N5O2. The van der Waals surface area contributed by atoms with Crippen molar-refractivity contribution < 1.29 is 4.79 Å². The Morgan fingerprint density at radius 2 is 2.04 bits per heavy atom. The molecule has 1 fully saturated rings. The van der Waals surface area contributed by atoms with E-state index in [1.165, 1.54) is 29.1 Å². The van der Waals surface area contributed by atoms with Crippen LogP contribution in [-0.2, 0) is 11.3 Å². The van der Waals surface area contributed by atoms with E-state index in [4.69, 9.17) is 0 Å². The highest BCUT2D eigenvalue weighted by atomic mass is 16.2. The summed E-state index contributed by atoms with van der Waals surface area (Å²) in [5, 5.41) is 11.0. The molecule has 2 aromatic heterocycles. The number of carbonyl (C=O) groups is 1. The Labute approximate surface area is 144 Å². The van der Waals surface area contributed by atoms with E-state index in [0.29, 0.717) is 5.65 Å². The molecule has 7 heteroatoms. The topological polar surface area (TPSA) is 81.3 Å². The maximum Gasteiger partial charge on any atom is 0.367 e. The number of fused-ring (bicyclic) bond motifs is 1. The summed E-state index contributed by atoms with van der Waals surface area (Å²) in [6, 6.07) is 11.6. The van der Waals surface area contributed by atoms with Crippen molar-refractivity contribution in [2.24, 2.45) is 0 Å². The molecule has 0 unspecified atom stereocenters. The predicted molar refractivity (Wildman–Crippen MR) is 92.2 cm³/mol. The van der Waals surface area contributed by atoms with Crippen LogP contribution < -0.4 is 11.0 Å². The highest BCUT2D eigenvalue weighted by molar-refractivity contribution is 5.76. The van der Waals surface area contributed by atoms with Crippen LogP contribution in [0.2, 0.25) is 0 Å². The van der Waals surface area contributed by atoms with Gasteiger partial charge in [-0.15, -0.1) is 5.10 Å². The van der Waals surface area contributed by atoms with Gasteiger partial charge in [0.05, 0.1) is 6.04 Å². The summed E-state index contributed by atoms with van der Waals surface area (Å²) in [6.45, 7) is 1.80. The van der Waals surface area contributed by atoms with Gasteiger partial charge in [-0.05, 0) is 48.9 Å². The number of carbonyl (C=O) groups excluding carboxylic acids is 1. The largest absolute Gasteiger partial charge is 0.367 e. The molecule has 7 nitrogen and oxygen atoms in total. The van der Waals surface area contributed by atoms with Crippen molar-refractivity contribution in [3.63, 3.8) is 0 Å². The van der Waals surface area contributed by atoms with Crippen molar-refractivity contribution in [2.45, 2.75) is 38.3 Å². The average molecular weight is 337 g/mol. The fourth-order valence-corrected chi connectivity index (χ4v) is 2.95. The zero-order valence-corrected chi connectivity index (χ0v) is 13.9. The van der Waals surface area contributed by atoms with Gasteiger partial charge in [-0.1, -0.05) is 24.3 Å². The molecule has 1 aromatic carbocycles. The van der Waals surface area contributed by atoms with Gasteiger partial charge in [-0.25, -0.2) is 9.48 Å². The molecule has 1 amide bonds. The lowest BCUT2D eigenvalue weighted by Gasteiger charge is -2.14. The Morgan fingerprint density at radius 1 is 1.28 bits per heavy atom. The van der Waals surface area contributed by atoms with Crippen molar-refractivity contribution in [1.82, 2.24) is 24.7 Å². The molecule has 0 spiro atoms. The zero-order valence-electron chi connectivity index (χ0n) is 13.9. The van der Waals surface area contributed by atoms with E-state index in [9.17, 15) is 9.59 Å². The fraction of sp³-hybridized carbons (Fsp3) is 0.333. The Hall–Kier alpha value is -2.96. The van der Waals surface area contributed by atoms with Crippen molar-refractivity contribution in [3.05, 3.63) is 64.2 Å². The second kappa shape index (κ2) is 6.16. The smallest absolute Gasteiger partial charge is 0.348 e. The lowest BCUT2D eigenvalue weighted by molar-refractivity contribution is -0.122. The fourth-order valence-electron chi connectivity index (χ4n) is 2.95. The summed E-state index contributed by atoms with van der Waals surface area (Å²) >= 11 is 0. The second-order valence-electron chi connectivity index (χ2n) is 6.46. The summed E-state index contributed by atoms with van der Waals surface area (Å²) in [6.07, 6.45) is 4.05. The van der Waals surface area contributed by atoms with Crippen LogP contribution in [-0.4, -0.2) is 25.3 Å². The van der Waals surface area contributed by atoms with Gasteiger partial charge in [-0.3, -0.25) is 4.79 Å². The first-order valence-corrected chi connectivity index (χ1v) is 8.42. The van der Waals surface area contributed by atoms with Crippen molar-refractivity contribution >= 4 is 11.6 Å². The summed E-state index contributed by atoms with van der Waals surface area (Å²) in [4.78, 5) is 24.4. The quantitative estimate of drug-likeness (QED) is 0.767. The van der Waals surface area contributed by atoms with E-state index in [2.05, 4.69) is 39.8 Å². The highest BCUT2D eigenvalue weighted by Crippen LogP contribution is 2.40. The minimum absolute atomic E-state index is 0.132. The molecule has 0 saturated heterocycles. The van der Waals surface area contributed by atoms with Crippen LogP contribution >= 0.6 is 0 Å². The number of aromatic nitrogens is 4. The number of benzene rings is 1. The molecule has 0 bridgehead atoms. The molecular weight excluding hydrogens is 318 g/mol. The number of hydrogen-bond acceptors (Lipinski definition) is 4. The van der Waals surface area contributed by atoms with E-state index in [-0.39, 0.29) is 18.5 Å². The molecule has 0 radical (unpaired) electrons. The first-order chi connectivity index (χ1) is 12.1. The minimum Gasteiger partial charge on any atom is -0.348 e. The van der Waals surface area contributed by atoms with Crippen LogP contribution in [0, 0.1) is 0 Å². The molecule has 1 atom stereocenters. The van der Waals surface area contributed by atoms with Crippen LogP contribution in [0.15, 0.2) is 47.4 Å². The number of nitrogens with one attached hydrogen (secondary N) is 1. The average Bonchev–Trinajstić information content (AvgIpc) is 3.42. The van der Waals surface area contributed by atoms with Crippen LogP contribution in [0.1, 0.15) is 42.9 Å². The van der Waals surface area contributed by atoms with Gasteiger partial charge in [-0.2, -0.15) is 9.61 Å². The molecule has 2 heterocycles. The molecule has 3 aromatic rings. The van der Waals surface area contributed by atoms with Crippen LogP contribution in [0.4, 0.5) is 0 Å². The maximum absolute atomic E-state index is 12.3. The standard InChI is InChI=1S/C18H19N5O2/c1-12(13-4-6-14(7-5-13)15-8-9-15)20-17(24)11-22-18(25)23-16(21-22)3-2-10-19-23/h2-7,10,12,15H,8-9,11H2,1H3,(H,20,24)/t12-/m0/s1. The molecule has 0 aliphatic heterocycles. The van der Waals surface area contributed by atoms with Gasteiger partial charge in [0, 0.05) is 6.20 Å². The van der Waals surface area contributed by atoms with E-state index >= 15 is 0 Å². The molecule has 128 valence electrons. The van der Waals surface area contributed by atoms with Gasteiger partial charge in [0.15, 0.2) is 5.65 Å². The molecule has 1 aliphatic rings. The lowest BCUT2D eigenvalue weighted by atomic mass is 10.0. The first kappa shape index (κ1) is 15.6. The van der Waals surface area contributed by atoms with Gasteiger partial charge in [0.2, 0.25) is 5.91 Å². The maximum atomic E-state index is 12.3. The highest BCUT2D eigenvalue weighted by Gasteiger charge is 2.23. The molecule has 1 aliphatic carbocycles. The first-order valence-electron chi connectivity index (χ1n) is 8.42. The third-order valence-electron chi connectivity index (χ3n) is 4.51. The van der Waals surface area contributed by atoms with Crippen molar-refractivity contribution in [1.29, 1.82) is 0 Å². The summed E-state index contributed by atoms with van der Waals surface area (Å²) < 4.78 is 2.30. The third kappa shape index (κ3) is 3.17. The van der Waals surface area contributed by atoms with E-state index < -0.39 is 5.69 Å². The SMILES string of the molecule is C[C@H](NC(=O)Cn1nc2cccnn2c1=O)c1ccc(C2CC2)cc1. The number of amides is 1. The van der Waals surface area contributed by atoms with Crippen LogP contribution in [0.3, 0.4) is 0 Å². The summed E-state index contributed by atoms with van der Waals surface area (Å²) in [5.41, 5.74) is 2.41. The van der Waals surface area contributed by atoms with E-state index in [0.717, 1.165) is 16.2 Å². The van der Waals surface area contributed by atoms with Crippen molar-refractivity contribution in [2.75, 3.05) is 0 Å². The molecule has 1 N–H and O–H groups in total. The van der Waals surface area contributed by atoms with Gasteiger partial charge in [0.25, 0.3) is 0 Å². The normalized spacial score (nSPS) is 15.2. The van der Waals surface area contributed by atoms with Crippen molar-refractivity contribution in [3.8, 4) is 0 Å². The van der Waals surface area contributed by atoms with Gasteiger partial charge < -0.3 is 5.32 Å². The van der Waals surface area contributed by atoms with Crippen LogP contribution in [0.5, 0.6) is 0 Å². The predicted octanol–water partition coefficient (Wildman–Crippen LogP) is 1.65. The summed E-state index contributed by atoms with van der Waals surface area (Å²) in [5.74, 6) is 0.457.